The van der Waals surface area contributed by atoms with Crippen LogP contribution in [0.5, 0.6) is 0 Å². The van der Waals surface area contributed by atoms with Crippen LogP contribution in [0.4, 0.5) is 0 Å². The summed E-state index contributed by atoms with van der Waals surface area (Å²) in [4.78, 5) is 3.89. The smallest absolute Gasteiger partial charge is 0.160 e. The number of nitrogens with zero attached hydrogens (tertiary/aromatic N) is 4. The molecule has 0 bridgehead atoms. The van der Waals surface area contributed by atoms with Crippen molar-refractivity contribution in [2.75, 3.05) is 0 Å². The summed E-state index contributed by atoms with van der Waals surface area (Å²) in [7, 11) is 0. The third-order valence-electron chi connectivity index (χ3n) is 1.65. The van der Waals surface area contributed by atoms with E-state index in [4.69, 9.17) is 5.11 Å². The van der Waals surface area contributed by atoms with Crippen molar-refractivity contribution in [3.05, 3.63) is 36.5 Å². The Morgan fingerprint density at radius 2 is 2.38 bits per heavy atom. The van der Waals surface area contributed by atoms with Crippen LogP contribution in [-0.4, -0.2) is 24.9 Å². The number of hydrogen-bond donors (Lipinski definition) is 1. The zero-order chi connectivity index (χ0) is 9.10. The van der Waals surface area contributed by atoms with Gasteiger partial charge in [-0.1, -0.05) is 0 Å². The molecule has 2 aromatic rings. The van der Waals surface area contributed by atoms with Gasteiger partial charge in [0.1, 0.15) is 6.33 Å². The predicted octanol–water partition coefficient (Wildman–Crippen LogP) is 0.155. The van der Waals surface area contributed by atoms with E-state index in [0.717, 1.165) is 5.56 Å². The average Bonchev–Trinajstić information content (AvgIpc) is 2.71. The molecule has 0 aliphatic carbocycles. The summed E-state index contributed by atoms with van der Waals surface area (Å²) in [5.41, 5.74) is 0.735. The van der Waals surface area contributed by atoms with Crippen molar-refractivity contribution in [1.82, 2.24) is 19.7 Å². The lowest BCUT2D eigenvalue weighted by atomic mass is 10.3. The van der Waals surface area contributed by atoms with Gasteiger partial charge in [-0.25, -0.2) is 4.98 Å². The van der Waals surface area contributed by atoms with Gasteiger partial charge in [-0.2, -0.15) is 5.10 Å². The Labute approximate surface area is 74.7 Å². The number of hydrogen-bond acceptors (Lipinski definition) is 4. The Balaban J connectivity index is 2.41. The van der Waals surface area contributed by atoms with Crippen LogP contribution in [-0.2, 0) is 6.61 Å². The van der Waals surface area contributed by atoms with Crippen LogP contribution in [0.15, 0.2) is 31.0 Å². The van der Waals surface area contributed by atoms with Crippen LogP contribution >= 0.6 is 0 Å². The summed E-state index contributed by atoms with van der Waals surface area (Å²) in [6.07, 6.45) is 6.59. The molecule has 0 spiro atoms. The highest BCUT2D eigenvalue weighted by Gasteiger charge is 1.98. The molecule has 1 N–H and O–H groups in total. The molecule has 0 aromatic carbocycles. The van der Waals surface area contributed by atoms with E-state index in [2.05, 4.69) is 15.2 Å². The maximum atomic E-state index is 8.87. The molecule has 5 nitrogen and oxygen atoms in total. The molecule has 13 heavy (non-hydrogen) atoms. The second-order valence-corrected chi connectivity index (χ2v) is 2.55. The fourth-order valence-corrected chi connectivity index (χ4v) is 1.00. The Morgan fingerprint density at radius 1 is 1.46 bits per heavy atom. The molecule has 0 atom stereocenters. The van der Waals surface area contributed by atoms with Crippen LogP contribution in [0, 0.1) is 0 Å². The van der Waals surface area contributed by atoms with Gasteiger partial charge in [0.25, 0.3) is 0 Å². The topological polar surface area (TPSA) is 63.8 Å². The molecule has 0 unspecified atom stereocenters. The van der Waals surface area contributed by atoms with E-state index in [9.17, 15) is 0 Å². The lowest BCUT2D eigenvalue weighted by Gasteiger charge is -2.00. The molecule has 0 aliphatic heterocycles. The summed E-state index contributed by atoms with van der Waals surface area (Å²) >= 11 is 0. The van der Waals surface area contributed by atoms with E-state index < -0.39 is 0 Å². The van der Waals surface area contributed by atoms with Crippen molar-refractivity contribution >= 4 is 0 Å². The highest BCUT2D eigenvalue weighted by Crippen LogP contribution is 2.04. The standard InChI is InChI=1S/C8H8N4O/c13-5-7-3-8(11-10-4-7)12-2-1-9-6-12/h1-4,6,13H,5H2. The molecule has 0 aliphatic rings. The van der Waals surface area contributed by atoms with Gasteiger partial charge >= 0.3 is 0 Å². The summed E-state index contributed by atoms with van der Waals surface area (Å²) in [6, 6.07) is 1.76. The first-order valence-corrected chi connectivity index (χ1v) is 3.81. The highest BCUT2D eigenvalue weighted by molar-refractivity contribution is 5.24. The van der Waals surface area contributed by atoms with E-state index in [1.165, 1.54) is 6.20 Å². The predicted molar refractivity (Wildman–Crippen MR) is 45.1 cm³/mol. The maximum Gasteiger partial charge on any atom is 0.160 e. The summed E-state index contributed by atoms with van der Waals surface area (Å²) in [5.74, 6) is 0.657. The molecule has 0 saturated carbocycles. The molecular formula is C8H8N4O. The molecule has 66 valence electrons. The molecule has 5 heteroatoms. The second-order valence-electron chi connectivity index (χ2n) is 2.55. The molecule has 0 amide bonds. The van der Waals surface area contributed by atoms with Gasteiger partial charge < -0.3 is 5.11 Å². The number of aromatic nitrogens is 4. The van der Waals surface area contributed by atoms with Crippen molar-refractivity contribution in [3.8, 4) is 5.82 Å². The Morgan fingerprint density at radius 3 is 3.08 bits per heavy atom. The van der Waals surface area contributed by atoms with Crippen molar-refractivity contribution in [2.24, 2.45) is 0 Å². The van der Waals surface area contributed by atoms with Gasteiger partial charge in [0.2, 0.25) is 0 Å². The second kappa shape index (κ2) is 3.32. The van der Waals surface area contributed by atoms with Crippen LogP contribution in [0.2, 0.25) is 0 Å². The van der Waals surface area contributed by atoms with E-state index in [1.54, 1.807) is 29.4 Å². The van der Waals surface area contributed by atoms with Gasteiger partial charge in [0.05, 0.1) is 12.8 Å². The molecule has 0 saturated heterocycles. The van der Waals surface area contributed by atoms with Gasteiger partial charge in [-0.05, 0) is 6.07 Å². The first-order chi connectivity index (χ1) is 6.40. The van der Waals surface area contributed by atoms with E-state index in [1.807, 2.05) is 0 Å². The number of imidazole rings is 1. The molecule has 2 heterocycles. The summed E-state index contributed by atoms with van der Waals surface area (Å²) < 4.78 is 1.73. The fraction of sp³-hybridized carbons (Fsp3) is 0.125. The Bertz CT molecular complexity index is 385. The lowest BCUT2D eigenvalue weighted by molar-refractivity contribution is 0.281. The highest BCUT2D eigenvalue weighted by atomic mass is 16.3. The minimum Gasteiger partial charge on any atom is -0.392 e. The zero-order valence-electron chi connectivity index (χ0n) is 6.83. The van der Waals surface area contributed by atoms with Gasteiger partial charge in [-0.15, -0.1) is 5.10 Å². The van der Waals surface area contributed by atoms with Crippen LogP contribution in [0.1, 0.15) is 5.56 Å². The molecular weight excluding hydrogens is 168 g/mol. The third-order valence-corrected chi connectivity index (χ3v) is 1.65. The fourth-order valence-electron chi connectivity index (χ4n) is 1.00. The number of aliphatic hydroxyl groups is 1. The minimum absolute atomic E-state index is 0.0305. The SMILES string of the molecule is OCc1cnnc(-n2ccnc2)c1. The molecule has 0 fully saturated rings. The maximum absolute atomic E-state index is 8.87. The Hall–Kier alpha value is -1.75. The summed E-state index contributed by atoms with van der Waals surface area (Å²) in [6.45, 7) is -0.0305. The van der Waals surface area contributed by atoms with Crippen molar-refractivity contribution < 1.29 is 5.11 Å². The third kappa shape index (κ3) is 1.54. The van der Waals surface area contributed by atoms with Crippen LogP contribution in [0.25, 0.3) is 5.82 Å². The minimum atomic E-state index is -0.0305. The van der Waals surface area contributed by atoms with Gasteiger partial charge in [-0.3, -0.25) is 4.57 Å². The van der Waals surface area contributed by atoms with Gasteiger partial charge in [0, 0.05) is 18.0 Å². The van der Waals surface area contributed by atoms with Crippen molar-refractivity contribution in [2.45, 2.75) is 6.61 Å². The molecule has 2 rings (SSSR count). The quantitative estimate of drug-likeness (QED) is 0.707. The number of rotatable bonds is 2. The van der Waals surface area contributed by atoms with E-state index >= 15 is 0 Å². The molecule has 0 radical (unpaired) electrons. The van der Waals surface area contributed by atoms with Gasteiger partial charge in [0.15, 0.2) is 5.82 Å². The van der Waals surface area contributed by atoms with Crippen LogP contribution < -0.4 is 0 Å². The van der Waals surface area contributed by atoms with Crippen molar-refractivity contribution in [3.63, 3.8) is 0 Å². The van der Waals surface area contributed by atoms with Crippen molar-refractivity contribution in [1.29, 1.82) is 0 Å². The lowest BCUT2D eigenvalue weighted by Crippen LogP contribution is -1.98. The first kappa shape index (κ1) is 7.88. The average molecular weight is 176 g/mol. The zero-order valence-corrected chi connectivity index (χ0v) is 6.83. The normalized spacial score (nSPS) is 10.2. The molecule has 2 aromatic heterocycles. The first-order valence-electron chi connectivity index (χ1n) is 3.81. The number of aliphatic hydroxyl groups excluding tert-OH is 1. The summed E-state index contributed by atoms with van der Waals surface area (Å²) in [5, 5.41) is 16.5. The monoisotopic (exact) mass is 176 g/mol. The largest absolute Gasteiger partial charge is 0.392 e. The van der Waals surface area contributed by atoms with E-state index in [-0.39, 0.29) is 6.61 Å². The van der Waals surface area contributed by atoms with Crippen LogP contribution in [0.3, 0.4) is 0 Å². The Kier molecular flexibility index (Phi) is 2.01. The van der Waals surface area contributed by atoms with E-state index in [0.29, 0.717) is 5.82 Å².